The Morgan fingerprint density at radius 2 is 2.00 bits per heavy atom. The Labute approximate surface area is 164 Å². The van der Waals surface area contributed by atoms with E-state index >= 15 is 0 Å². The molecule has 0 saturated heterocycles. The predicted octanol–water partition coefficient (Wildman–Crippen LogP) is 4.37. The molecule has 1 aliphatic heterocycles. The molecule has 1 amide bonds. The molecule has 1 atom stereocenters. The Morgan fingerprint density at radius 3 is 2.75 bits per heavy atom. The molecule has 0 bridgehead atoms. The lowest BCUT2D eigenvalue weighted by Crippen LogP contribution is -2.62. The van der Waals surface area contributed by atoms with Crippen molar-refractivity contribution in [1.29, 1.82) is 0 Å². The van der Waals surface area contributed by atoms with Crippen LogP contribution in [0.4, 0.5) is 4.79 Å². The third kappa shape index (κ3) is 2.87. The Kier molecular flexibility index (Phi) is 4.13. The number of carbonyl (C=O) groups excluding carboxylic acids is 1. The van der Waals surface area contributed by atoms with E-state index in [9.17, 15) is 4.79 Å². The Bertz CT molecular complexity index is 1020. The van der Waals surface area contributed by atoms with Crippen LogP contribution in [0, 0.1) is 6.92 Å². The van der Waals surface area contributed by atoms with Gasteiger partial charge < -0.3 is 20.4 Å². The second kappa shape index (κ2) is 6.67. The maximum Gasteiger partial charge on any atom is 0.413 e. The molecular formula is C23H25N3O2. The van der Waals surface area contributed by atoms with Crippen LogP contribution >= 0.6 is 0 Å². The molecular weight excluding hydrogens is 350 g/mol. The average Bonchev–Trinajstić information content (AvgIpc) is 3.04. The van der Waals surface area contributed by atoms with E-state index in [4.69, 9.17) is 4.74 Å². The normalized spacial score (nSPS) is 20.2. The highest BCUT2D eigenvalue weighted by Crippen LogP contribution is 2.45. The Morgan fingerprint density at radius 1 is 1.18 bits per heavy atom. The van der Waals surface area contributed by atoms with E-state index in [1.807, 2.05) is 18.2 Å². The van der Waals surface area contributed by atoms with Crippen molar-refractivity contribution in [3.63, 3.8) is 0 Å². The summed E-state index contributed by atoms with van der Waals surface area (Å²) in [5.41, 5.74) is 4.73. The fourth-order valence-electron chi connectivity index (χ4n) is 4.68. The number of fused-ring (bicyclic) bond motifs is 3. The summed E-state index contributed by atoms with van der Waals surface area (Å²) in [6.07, 6.45) is 3.62. The number of hydrogen-bond acceptors (Lipinski definition) is 3. The highest BCUT2D eigenvalue weighted by molar-refractivity contribution is 5.86. The van der Waals surface area contributed by atoms with Crippen LogP contribution < -0.4 is 15.4 Å². The van der Waals surface area contributed by atoms with Crippen molar-refractivity contribution in [3.05, 3.63) is 65.4 Å². The van der Waals surface area contributed by atoms with Crippen molar-refractivity contribution in [2.24, 2.45) is 0 Å². The first-order chi connectivity index (χ1) is 13.6. The lowest BCUT2D eigenvalue weighted by Gasteiger charge is -2.49. The van der Waals surface area contributed by atoms with E-state index in [0.29, 0.717) is 5.75 Å². The first kappa shape index (κ1) is 17.3. The van der Waals surface area contributed by atoms with E-state index in [1.165, 1.54) is 27.7 Å². The van der Waals surface area contributed by atoms with Gasteiger partial charge in [-0.3, -0.25) is 0 Å². The van der Waals surface area contributed by atoms with Gasteiger partial charge in [0.05, 0.1) is 11.6 Å². The van der Waals surface area contributed by atoms with Crippen LogP contribution in [-0.4, -0.2) is 23.2 Å². The van der Waals surface area contributed by atoms with Gasteiger partial charge in [0, 0.05) is 16.6 Å². The van der Waals surface area contributed by atoms with E-state index < -0.39 is 0 Å². The van der Waals surface area contributed by atoms with Gasteiger partial charge in [0.15, 0.2) is 0 Å². The molecule has 1 fully saturated rings. The number of aryl methyl sites for hydroxylation is 1. The van der Waals surface area contributed by atoms with Gasteiger partial charge in [-0.25, -0.2) is 4.79 Å². The van der Waals surface area contributed by atoms with Crippen molar-refractivity contribution in [2.45, 2.75) is 44.2 Å². The summed E-state index contributed by atoms with van der Waals surface area (Å²) in [5.74, 6) is 0.563. The van der Waals surface area contributed by atoms with Gasteiger partial charge in [-0.05, 0) is 69.0 Å². The summed E-state index contributed by atoms with van der Waals surface area (Å²) in [4.78, 5) is 16.3. The predicted molar refractivity (Wildman–Crippen MR) is 110 cm³/mol. The van der Waals surface area contributed by atoms with Gasteiger partial charge in [-0.15, -0.1) is 0 Å². The van der Waals surface area contributed by atoms with Gasteiger partial charge in [-0.1, -0.05) is 29.8 Å². The third-order valence-electron chi connectivity index (χ3n) is 6.21. The number of para-hydroxylation sites is 1. The standard InChI is InChI=1S/C23H25N3O2/c1-15-8-9-19-18(14-15)17-10-13-24-21(20(17)25-19)23(11-5-12-23)26-22(27)28-16-6-3-2-4-7-16/h2-4,6-9,14,21,24-25H,5,10-13H2,1H3,(H,26,27). The minimum absolute atomic E-state index is 0.0704. The lowest BCUT2D eigenvalue weighted by atomic mass is 9.69. The molecule has 5 rings (SSSR count). The van der Waals surface area contributed by atoms with Crippen molar-refractivity contribution < 1.29 is 9.53 Å². The van der Waals surface area contributed by atoms with E-state index in [1.54, 1.807) is 12.1 Å². The molecule has 0 radical (unpaired) electrons. The number of aromatic nitrogens is 1. The molecule has 1 unspecified atom stereocenters. The molecule has 2 heterocycles. The Hall–Kier alpha value is -2.79. The number of aromatic amines is 1. The summed E-state index contributed by atoms with van der Waals surface area (Å²) in [6.45, 7) is 3.04. The zero-order valence-electron chi connectivity index (χ0n) is 16.0. The second-order valence-corrected chi connectivity index (χ2v) is 8.04. The number of amides is 1. The smallest absolute Gasteiger partial charge is 0.410 e. The van der Waals surface area contributed by atoms with Gasteiger partial charge in [-0.2, -0.15) is 0 Å². The van der Waals surface area contributed by atoms with E-state index in [0.717, 1.165) is 32.2 Å². The van der Waals surface area contributed by atoms with Crippen LogP contribution in [0.2, 0.25) is 0 Å². The maximum atomic E-state index is 12.6. The topological polar surface area (TPSA) is 66.2 Å². The van der Waals surface area contributed by atoms with Crippen LogP contribution in [0.15, 0.2) is 48.5 Å². The molecule has 5 heteroatoms. The number of nitrogens with one attached hydrogen (secondary N) is 3. The van der Waals surface area contributed by atoms with Crippen molar-refractivity contribution in [3.8, 4) is 5.75 Å². The fraction of sp³-hybridized carbons (Fsp3) is 0.348. The van der Waals surface area contributed by atoms with E-state index in [-0.39, 0.29) is 17.7 Å². The third-order valence-corrected chi connectivity index (χ3v) is 6.21. The van der Waals surface area contributed by atoms with Crippen LogP contribution in [0.5, 0.6) is 5.75 Å². The molecule has 5 nitrogen and oxygen atoms in total. The highest BCUT2D eigenvalue weighted by atomic mass is 16.6. The first-order valence-electron chi connectivity index (χ1n) is 10.0. The quantitative estimate of drug-likeness (QED) is 0.637. The fourth-order valence-corrected chi connectivity index (χ4v) is 4.68. The van der Waals surface area contributed by atoms with Crippen molar-refractivity contribution in [1.82, 2.24) is 15.6 Å². The molecule has 1 aromatic heterocycles. The zero-order chi connectivity index (χ0) is 19.1. The van der Waals surface area contributed by atoms with Gasteiger partial charge >= 0.3 is 6.09 Å². The average molecular weight is 375 g/mol. The molecule has 144 valence electrons. The molecule has 28 heavy (non-hydrogen) atoms. The van der Waals surface area contributed by atoms with Crippen LogP contribution in [0.1, 0.15) is 42.1 Å². The number of rotatable bonds is 3. The zero-order valence-corrected chi connectivity index (χ0v) is 16.0. The molecule has 3 N–H and O–H groups in total. The monoisotopic (exact) mass is 375 g/mol. The summed E-state index contributed by atoms with van der Waals surface area (Å²) in [7, 11) is 0. The number of benzene rings is 2. The summed E-state index contributed by atoms with van der Waals surface area (Å²) in [5, 5.41) is 8.17. The number of carbonyl (C=O) groups is 1. The van der Waals surface area contributed by atoms with Crippen LogP contribution in [0.3, 0.4) is 0 Å². The maximum absolute atomic E-state index is 12.6. The highest BCUT2D eigenvalue weighted by Gasteiger charge is 2.48. The summed E-state index contributed by atoms with van der Waals surface area (Å²) in [6, 6.07) is 15.9. The Balaban J connectivity index is 1.45. The molecule has 1 aliphatic carbocycles. The van der Waals surface area contributed by atoms with Crippen molar-refractivity contribution in [2.75, 3.05) is 6.54 Å². The minimum atomic E-state index is -0.383. The molecule has 3 aromatic rings. The molecule has 2 aliphatic rings. The lowest BCUT2D eigenvalue weighted by molar-refractivity contribution is 0.110. The van der Waals surface area contributed by atoms with Crippen LogP contribution in [-0.2, 0) is 6.42 Å². The van der Waals surface area contributed by atoms with Crippen LogP contribution in [0.25, 0.3) is 10.9 Å². The number of ether oxygens (including phenoxy) is 1. The van der Waals surface area contributed by atoms with Gasteiger partial charge in [0.1, 0.15) is 5.75 Å². The number of hydrogen-bond donors (Lipinski definition) is 3. The van der Waals surface area contributed by atoms with Gasteiger partial charge in [0.25, 0.3) is 0 Å². The SMILES string of the molecule is Cc1ccc2[nH]c3c(c2c1)CCNC3C1(NC(=O)Oc2ccccc2)CCC1. The second-order valence-electron chi connectivity index (χ2n) is 8.04. The molecule has 0 spiro atoms. The largest absolute Gasteiger partial charge is 0.413 e. The van der Waals surface area contributed by atoms with Gasteiger partial charge in [0.2, 0.25) is 0 Å². The molecule has 1 saturated carbocycles. The van der Waals surface area contributed by atoms with Crippen molar-refractivity contribution >= 4 is 17.0 Å². The summed E-state index contributed by atoms with van der Waals surface area (Å²) < 4.78 is 5.51. The first-order valence-corrected chi connectivity index (χ1v) is 10.0. The van der Waals surface area contributed by atoms with E-state index in [2.05, 4.69) is 40.7 Å². The number of H-pyrrole nitrogens is 1. The summed E-state index contributed by atoms with van der Waals surface area (Å²) >= 11 is 0. The minimum Gasteiger partial charge on any atom is -0.410 e. The molecule has 2 aromatic carbocycles.